The summed E-state index contributed by atoms with van der Waals surface area (Å²) < 4.78 is 6.13. The number of piperidine rings is 1. The van der Waals surface area contributed by atoms with Crippen molar-refractivity contribution in [2.45, 2.75) is 57.3 Å². The number of hydrogen-bond acceptors (Lipinski definition) is 6. The molecule has 0 unspecified atom stereocenters. The second kappa shape index (κ2) is 6.00. The van der Waals surface area contributed by atoms with Gasteiger partial charge in [-0.05, 0) is 53.1 Å². The van der Waals surface area contributed by atoms with E-state index in [4.69, 9.17) is 4.74 Å². The molecule has 1 aromatic rings. The van der Waals surface area contributed by atoms with Crippen LogP contribution in [0, 0.1) is 13.8 Å². The zero-order valence-corrected chi connectivity index (χ0v) is 14.6. The van der Waals surface area contributed by atoms with Gasteiger partial charge in [-0.25, -0.2) is 9.97 Å². The number of aryl methyl sites for hydroxylation is 2. The molecule has 3 heterocycles. The molecule has 3 rings (SSSR count). The molecule has 6 heteroatoms. The van der Waals surface area contributed by atoms with Gasteiger partial charge in [0.1, 0.15) is 5.60 Å². The van der Waals surface area contributed by atoms with E-state index in [2.05, 4.69) is 20.2 Å². The van der Waals surface area contributed by atoms with Crippen molar-refractivity contribution in [1.82, 2.24) is 15.3 Å². The van der Waals surface area contributed by atoms with E-state index in [1.807, 2.05) is 33.9 Å². The van der Waals surface area contributed by atoms with Gasteiger partial charge < -0.3 is 20.1 Å². The van der Waals surface area contributed by atoms with Crippen LogP contribution >= 0.6 is 0 Å². The van der Waals surface area contributed by atoms with Gasteiger partial charge in [0.15, 0.2) is 0 Å². The highest BCUT2D eigenvalue weighted by Crippen LogP contribution is 2.38. The first-order chi connectivity index (χ1) is 10.8. The number of likely N-dealkylation sites (N-methyl/N-ethyl adjacent to an activating group) is 1. The lowest BCUT2D eigenvalue weighted by Crippen LogP contribution is -2.62. The average molecular weight is 320 g/mol. The normalized spacial score (nSPS) is 30.7. The molecular weight excluding hydrogens is 292 g/mol. The Hall–Kier alpha value is -1.24. The van der Waals surface area contributed by atoms with Gasteiger partial charge in [-0.15, -0.1) is 0 Å². The van der Waals surface area contributed by atoms with Crippen molar-refractivity contribution in [3.63, 3.8) is 0 Å². The molecule has 2 saturated heterocycles. The summed E-state index contributed by atoms with van der Waals surface area (Å²) in [6.07, 6.45) is 2.73. The van der Waals surface area contributed by atoms with Crippen LogP contribution in [0.3, 0.4) is 0 Å². The van der Waals surface area contributed by atoms with Crippen LogP contribution in [0.4, 0.5) is 5.95 Å². The molecule has 2 atom stereocenters. The molecule has 0 saturated carbocycles. The van der Waals surface area contributed by atoms with Crippen LogP contribution in [-0.2, 0) is 4.74 Å². The number of rotatable bonds is 2. The summed E-state index contributed by atoms with van der Waals surface area (Å²) in [6, 6.07) is 2.07. The molecule has 2 fully saturated rings. The highest BCUT2D eigenvalue weighted by molar-refractivity contribution is 5.33. The first-order valence-corrected chi connectivity index (χ1v) is 8.44. The first-order valence-electron chi connectivity index (χ1n) is 8.44. The van der Waals surface area contributed by atoms with Crippen LogP contribution in [0.5, 0.6) is 0 Å². The molecule has 2 N–H and O–H groups in total. The maximum atomic E-state index is 10.4. The second-order valence-electron chi connectivity index (χ2n) is 7.31. The van der Waals surface area contributed by atoms with Crippen LogP contribution in [-0.4, -0.2) is 59.1 Å². The Balaban J connectivity index is 1.68. The van der Waals surface area contributed by atoms with Crippen molar-refractivity contribution in [2.24, 2.45) is 0 Å². The molecule has 2 aliphatic rings. The zero-order chi connectivity index (χ0) is 16.7. The molecule has 0 radical (unpaired) electrons. The van der Waals surface area contributed by atoms with E-state index in [-0.39, 0.29) is 11.6 Å². The minimum atomic E-state index is -0.798. The Labute approximate surface area is 138 Å². The van der Waals surface area contributed by atoms with E-state index in [9.17, 15) is 5.11 Å². The van der Waals surface area contributed by atoms with Crippen LogP contribution in [0.1, 0.15) is 37.6 Å². The third kappa shape index (κ3) is 3.34. The summed E-state index contributed by atoms with van der Waals surface area (Å²) >= 11 is 0. The van der Waals surface area contributed by atoms with Crippen molar-refractivity contribution in [3.8, 4) is 0 Å². The minimum absolute atomic E-state index is 0.0697. The van der Waals surface area contributed by atoms with Crippen molar-refractivity contribution in [3.05, 3.63) is 17.5 Å². The third-order valence-electron chi connectivity index (χ3n) is 5.27. The molecule has 2 aliphatic heterocycles. The van der Waals surface area contributed by atoms with Gasteiger partial charge in [0.2, 0.25) is 5.95 Å². The van der Waals surface area contributed by atoms with Gasteiger partial charge in [0.25, 0.3) is 0 Å². The quantitative estimate of drug-likeness (QED) is 0.853. The summed E-state index contributed by atoms with van der Waals surface area (Å²) in [5.41, 5.74) is 1.08. The van der Waals surface area contributed by atoms with Gasteiger partial charge >= 0.3 is 0 Å². The van der Waals surface area contributed by atoms with E-state index in [1.165, 1.54) is 0 Å². The lowest BCUT2D eigenvalue weighted by atomic mass is 9.77. The molecular formula is C17H28N4O2. The molecule has 1 spiro atoms. The number of nitrogens with zero attached hydrogens (tertiary/aromatic N) is 3. The fourth-order valence-electron chi connectivity index (χ4n) is 3.78. The summed E-state index contributed by atoms with van der Waals surface area (Å²) in [5.74, 6) is 0.824. The minimum Gasteiger partial charge on any atom is -0.386 e. The highest BCUT2D eigenvalue weighted by atomic mass is 16.5. The van der Waals surface area contributed by atoms with Gasteiger partial charge in [0.05, 0.1) is 12.2 Å². The van der Waals surface area contributed by atoms with E-state index < -0.39 is 5.60 Å². The summed E-state index contributed by atoms with van der Waals surface area (Å²) in [7, 11) is 1.91. The maximum Gasteiger partial charge on any atom is 0.225 e. The van der Waals surface area contributed by atoms with Crippen molar-refractivity contribution < 1.29 is 9.84 Å². The van der Waals surface area contributed by atoms with Gasteiger partial charge in [-0.2, -0.15) is 0 Å². The zero-order valence-electron chi connectivity index (χ0n) is 14.6. The van der Waals surface area contributed by atoms with E-state index in [1.54, 1.807) is 0 Å². The number of nitrogens with one attached hydrogen (secondary N) is 1. The van der Waals surface area contributed by atoms with Gasteiger partial charge in [-0.3, -0.25) is 0 Å². The molecule has 0 amide bonds. The third-order valence-corrected chi connectivity index (χ3v) is 5.27. The molecule has 1 aromatic heterocycles. The predicted molar refractivity (Wildman–Crippen MR) is 89.7 cm³/mol. The standard InChI is InChI=1S/C17H28N4O2/c1-12-9-13(2)20-15(19-12)21-7-5-17(6-8-21)10-14(18-4)16(3,22)11-23-17/h9,14,18,22H,5-8,10-11H2,1-4H3/t14-,16-/m0/s1. The average Bonchev–Trinajstić information content (AvgIpc) is 2.50. The largest absolute Gasteiger partial charge is 0.386 e. The Morgan fingerprint density at radius 3 is 2.43 bits per heavy atom. The van der Waals surface area contributed by atoms with E-state index in [0.29, 0.717) is 6.61 Å². The number of ether oxygens (including phenoxy) is 1. The lowest BCUT2D eigenvalue weighted by molar-refractivity contribution is -0.183. The highest BCUT2D eigenvalue weighted by Gasteiger charge is 2.47. The topological polar surface area (TPSA) is 70.5 Å². The Morgan fingerprint density at radius 1 is 1.26 bits per heavy atom. The molecule has 0 aliphatic carbocycles. The smallest absolute Gasteiger partial charge is 0.225 e. The van der Waals surface area contributed by atoms with Crippen LogP contribution in [0.25, 0.3) is 0 Å². The Morgan fingerprint density at radius 2 is 1.87 bits per heavy atom. The number of aromatic nitrogens is 2. The van der Waals surface area contributed by atoms with Crippen molar-refractivity contribution in [2.75, 3.05) is 31.6 Å². The SMILES string of the molecule is CN[C@H]1CC2(CCN(c3nc(C)cc(C)n3)CC2)OC[C@]1(C)O. The molecule has 23 heavy (non-hydrogen) atoms. The first kappa shape index (κ1) is 16.6. The van der Waals surface area contributed by atoms with Crippen LogP contribution < -0.4 is 10.2 Å². The molecule has 0 bridgehead atoms. The van der Waals surface area contributed by atoms with Crippen LogP contribution in [0.2, 0.25) is 0 Å². The number of hydrogen-bond donors (Lipinski definition) is 2. The summed E-state index contributed by atoms with van der Waals surface area (Å²) in [4.78, 5) is 11.4. The number of aliphatic hydroxyl groups is 1. The second-order valence-corrected chi connectivity index (χ2v) is 7.31. The predicted octanol–water partition coefficient (Wildman–Crippen LogP) is 1.19. The lowest BCUT2D eigenvalue weighted by Gasteiger charge is -2.50. The van der Waals surface area contributed by atoms with Gasteiger partial charge in [-0.1, -0.05) is 0 Å². The van der Waals surface area contributed by atoms with Crippen molar-refractivity contribution >= 4 is 5.95 Å². The maximum absolute atomic E-state index is 10.4. The molecule has 6 nitrogen and oxygen atoms in total. The van der Waals surface area contributed by atoms with E-state index >= 15 is 0 Å². The fraction of sp³-hybridized carbons (Fsp3) is 0.765. The monoisotopic (exact) mass is 320 g/mol. The number of anilines is 1. The van der Waals surface area contributed by atoms with E-state index in [0.717, 1.165) is 49.7 Å². The Kier molecular flexibility index (Phi) is 4.33. The van der Waals surface area contributed by atoms with Crippen molar-refractivity contribution in [1.29, 1.82) is 0 Å². The van der Waals surface area contributed by atoms with Gasteiger partial charge in [0, 0.05) is 30.5 Å². The molecule has 128 valence electrons. The molecule has 0 aromatic carbocycles. The van der Waals surface area contributed by atoms with Crippen LogP contribution in [0.15, 0.2) is 6.07 Å². The Bertz CT molecular complexity index is 547. The fourth-order valence-corrected chi connectivity index (χ4v) is 3.78. The summed E-state index contributed by atoms with van der Waals surface area (Å²) in [6.45, 7) is 8.03. The summed E-state index contributed by atoms with van der Waals surface area (Å²) in [5, 5.41) is 13.7.